The van der Waals surface area contributed by atoms with Gasteiger partial charge < -0.3 is 4.43 Å². The van der Waals surface area contributed by atoms with Crippen molar-refractivity contribution in [3.8, 4) is 0 Å². The van der Waals surface area contributed by atoms with Crippen LogP contribution in [0.25, 0.3) is 5.76 Å². The minimum absolute atomic E-state index is 0.213. The third-order valence-corrected chi connectivity index (χ3v) is 7.82. The molecular weight excluding hydrogens is 252 g/mol. The van der Waals surface area contributed by atoms with E-state index in [4.69, 9.17) is 4.43 Å². The van der Waals surface area contributed by atoms with Crippen LogP contribution in [0, 0.1) is 0 Å². The van der Waals surface area contributed by atoms with E-state index in [0.717, 1.165) is 18.1 Å². The molecule has 1 aromatic heterocycles. The summed E-state index contributed by atoms with van der Waals surface area (Å²) in [5, 5.41) is 0. The molecule has 0 atom stereocenters. The predicted octanol–water partition coefficient (Wildman–Crippen LogP) is 4.67. The van der Waals surface area contributed by atoms with Crippen LogP contribution in [0.5, 0.6) is 0 Å². The quantitative estimate of drug-likeness (QED) is 0.554. The number of hydrogen-bond acceptors (Lipinski definition) is 2. The van der Waals surface area contributed by atoms with Crippen LogP contribution in [0.4, 0.5) is 8.78 Å². The molecule has 0 unspecified atom stereocenters. The van der Waals surface area contributed by atoms with Gasteiger partial charge in [0.05, 0.1) is 0 Å². The lowest BCUT2D eigenvalue weighted by Crippen LogP contribution is -2.35. The average Bonchev–Trinajstić information content (AvgIpc) is 2.42. The first kappa shape index (κ1) is 14.8. The van der Waals surface area contributed by atoms with Gasteiger partial charge in [-0.2, -0.15) is 8.78 Å². The molecule has 0 saturated heterocycles. The van der Waals surface area contributed by atoms with E-state index in [9.17, 15) is 8.78 Å². The monoisotopic (exact) mass is 271 g/mol. The summed E-state index contributed by atoms with van der Waals surface area (Å²) >= 11 is 0. The van der Waals surface area contributed by atoms with Gasteiger partial charge in [0.25, 0.3) is 8.32 Å². The van der Waals surface area contributed by atoms with Crippen molar-refractivity contribution in [2.24, 2.45) is 0 Å². The Kier molecular flexibility index (Phi) is 5.46. The van der Waals surface area contributed by atoms with Crippen molar-refractivity contribution in [2.75, 3.05) is 0 Å². The lowest BCUT2D eigenvalue weighted by atomic mass is 10.3. The molecule has 0 aromatic carbocycles. The summed E-state index contributed by atoms with van der Waals surface area (Å²) in [6, 6.07) is 7.40. The molecule has 0 saturated carbocycles. The van der Waals surface area contributed by atoms with E-state index < -0.39 is 14.4 Å². The number of aromatic nitrogens is 1. The van der Waals surface area contributed by atoms with E-state index in [1.165, 1.54) is 6.20 Å². The molecular formula is C13H19F2NOSi. The Morgan fingerprint density at radius 3 is 2.17 bits per heavy atom. The van der Waals surface area contributed by atoms with Crippen LogP contribution in [0.15, 0.2) is 30.5 Å². The highest BCUT2D eigenvalue weighted by Gasteiger charge is 2.33. The molecule has 2 nitrogen and oxygen atoms in total. The van der Waals surface area contributed by atoms with Crippen molar-refractivity contribution >= 4 is 14.1 Å². The summed E-state index contributed by atoms with van der Waals surface area (Å²) < 4.78 is 31.9. The first-order chi connectivity index (χ1) is 8.58. The molecule has 0 fully saturated rings. The van der Waals surface area contributed by atoms with Gasteiger partial charge in [0.15, 0.2) is 5.76 Å². The fraction of sp³-hybridized carbons (Fsp3) is 0.462. The fourth-order valence-corrected chi connectivity index (χ4v) is 4.42. The van der Waals surface area contributed by atoms with Crippen LogP contribution in [0.1, 0.15) is 26.5 Å². The van der Waals surface area contributed by atoms with Crippen LogP contribution in [-0.4, -0.2) is 13.3 Å². The van der Waals surface area contributed by atoms with Crippen molar-refractivity contribution in [1.29, 1.82) is 0 Å². The first-order valence-electron chi connectivity index (χ1n) is 6.24. The second-order valence-corrected chi connectivity index (χ2v) is 8.84. The molecule has 5 heteroatoms. The Balaban J connectivity index is 3.07. The Hall–Kier alpha value is -1.23. The van der Waals surface area contributed by atoms with E-state index >= 15 is 0 Å². The largest absolute Gasteiger partial charge is 0.538 e. The van der Waals surface area contributed by atoms with E-state index in [-0.39, 0.29) is 11.5 Å². The minimum Gasteiger partial charge on any atom is -0.538 e. The lowest BCUT2D eigenvalue weighted by molar-refractivity contribution is 0.378. The van der Waals surface area contributed by atoms with Gasteiger partial charge in [-0.15, -0.1) is 0 Å². The van der Waals surface area contributed by atoms with Gasteiger partial charge in [-0.1, -0.05) is 26.8 Å². The molecule has 100 valence electrons. The third-order valence-electron chi connectivity index (χ3n) is 3.32. The summed E-state index contributed by atoms with van der Waals surface area (Å²) in [5.74, 6) is -0.340. The standard InChI is InChI=1S/C13H19F2NOSi/c1-4-18(5-2,6-3)17-12(13(14)15)11-9-7-8-10-16-11/h7-10H,4-6H2,1-3H3. The van der Waals surface area contributed by atoms with Gasteiger partial charge in [0.1, 0.15) is 5.69 Å². The van der Waals surface area contributed by atoms with Crippen molar-refractivity contribution in [3.05, 3.63) is 36.2 Å². The Morgan fingerprint density at radius 1 is 1.17 bits per heavy atom. The summed E-state index contributed by atoms with van der Waals surface area (Å²) in [7, 11) is -2.10. The van der Waals surface area contributed by atoms with Crippen LogP contribution < -0.4 is 0 Å². The molecule has 1 aromatic rings. The molecule has 0 aliphatic heterocycles. The maximum absolute atomic E-state index is 13.1. The van der Waals surface area contributed by atoms with Gasteiger partial charge in [-0.25, -0.2) is 0 Å². The normalized spacial score (nSPS) is 11.2. The molecule has 0 bridgehead atoms. The number of hydrogen-bond donors (Lipinski definition) is 0. The number of rotatable bonds is 6. The molecule has 1 rings (SSSR count). The smallest absolute Gasteiger partial charge is 0.312 e. The number of nitrogens with zero attached hydrogens (tertiary/aromatic N) is 1. The van der Waals surface area contributed by atoms with E-state index in [0.29, 0.717) is 0 Å². The highest BCUT2D eigenvalue weighted by Crippen LogP contribution is 2.30. The SMILES string of the molecule is CC[Si](CC)(CC)OC(=C(F)F)c1ccccn1. The van der Waals surface area contributed by atoms with Gasteiger partial charge in [0, 0.05) is 6.20 Å². The molecule has 18 heavy (non-hydrogen) atoms. The van der Waals surface area contributed by atoms with E-state index in [1.54, 1.807) is 18.2 Å². The van der Waals surface area contributed by atoms with Crippen molar-refractivity contribution in [3.63, 3.8) is 0 Å². The molecule has 0 spiro atoms. The van der Waals surface area contributed by atoms with Gasteiger partial charge in [-0.3, -0.25) is 4.98 Å². The van der Waals surface area contributed by atoms with Crippen LogP contribution in [-0.2, 0) is 4.43 Å². The van der Waals surface area contributed by atoms with Crippen molar-refractivity contribution < 1.29 is 13.2 Å². The molecule has 0 radical (unpaired) electrons. The first-order valence-corrected chi connectivity index (χ1v) is 8.77. The molecule has 0 aliphatic rings. The summed E-state index contributed by atoms with van der Waals surface area (Å²) in [6.45, 7) is 6.02. The summed E-state index contributed by atoms with van der Waals surface area (Å²) in [4.78, 5) is 3.95. The van der Waals surface area contributed by atoms with Crippen LogP contribution in [0.3, 0.4) is 0 Å². The minimum atomic E-state index is -2.10. The van der Waals surface area contributed by atoms with Gasteiger partial charge in [-0.05, 0) is 30.3 Å². The molecule has 1 heterocycles. The van der Waals surface area contributed by atoms with Crippen molar-refractivity contribution in [2.45, 2.75) is 38.9 Å². The zero-order valence-corrected chi connectivity index (χ0v) is 12.0. The Labute approximate surface area is 108 Å². The van der Waals surface area contributed by atoms with E-state index in [1.807, 2.05) is 20.8 Å². The summed E-state index contributed by atoms with van der Waals surface area (Å²) in [6.07, 6.45) is -0.296. The second-order valence-electron chi connectivity index (χ2n) is 4.15. The lowest BCUT2D eigenvalue weighted by Gasteiger charge is -2.29. The predicted molar refractivity (Wildman–Crippen MR) is 71.7 cm³/mol. The fourth-order valence-electron chi connectivity index (χ4n) is 1.87. The maximum atomic E-state index is 13.1. The van der Waals surface area contributed by atoms with E-state index in [2.05, 4.69) is 4.98 Å². The number of pyridine rings is 1. The zero-order valence-electron chi connectivity index (χ0n) is 11.0. The molecule has 0 amide bonds. The van der Waals surface area contributed by atoms with Crippen molar-refractivity contribution in [1.82, 2.24) is 4.98 Å². The second kappa shape index (κ2) is 6.63. The average molecular weight is 271 g/mol. The topological polar surface area (TPSA) is 22.1 Å². The van der Waals surface area contributed by atoms with Crippen LogP contribution in [0.2, 0.25) is 18.1 Å². The number of halogens is 2. The maximum Gasteiger partial charge on any atom is 0.312 e. The molecule has 0 aliphatic carbocycles. The zero-order chi connectivity index (χ0) is 13.6. The Morgan fingerprint density at radius 2 is 1.78 bits per heavy atom. The highest BCUT2D eigenvalue weighted by molar-refractivity contribution is 6.74. The van der Waals surface area contributed by atoms with Gasteiger partial charge in [0.2, 0.25) is 0 Å². The highest BCUT2D eigenvalue weighted by atomic mass is 28.4. The third kappa shape index (κ3) is 3.38. The molecule has 0 N–H and O–H groups in total. The summed E-state index contributed by atoms with van der Waals surface area (Å²) in [5.41, 5.74) is 0.213. The van der Waals surface area contributed by atoms with Gasteiger partial charge >= 0.3 is 6.08 Å². The Bertz CT molecular complexity index is 392. The van der Waals surface area contributed by atoms with Crippen LogP contribution >= 0.6 is 0 Å².